The SMILES string of the molecule is CCOC(=O)n1nc(NC(=O)c2ccc(CCl)cc2)c2cc(C(=O)OC(C)(C)C)sc21. The van der Waals surface area contributed by atoms with Crippen LogP contribution in [-0.4, -0.2) is 40.0 Å². The normalized spacial score (nSPS) is 11.4. The summed E-state index contributed by atoms with van der Waals surface area (Å²) in [6, 6.07) is 8.33. The summed E-state index contributed by atoms with van der Waals surface area (Å²) >= 11 is 6.82. The van der Waals surface area contributed by atoms with Crippen LogP contribution in [0.1, 0.15) is 53.3 Å². The third-order valence-corrected chi connectivity index (χ3v) is 5.40. The quantitative estimate of drug-likeness (QED) is 0.420. The van der Waals surface area contributed by atoms with Crippen LogP contribution in [0.2, 0.25) is 0 Å². The maximum atomic E-state index is 12.7. The van der Waals surface area contributed by atoms with Gasteiger partial charge in [-0.3, -0.25) is 4.79 Å². The molecule has 0 saturated heterocycles. The molecule has 0 aliphatic heterocycles. The molecule has 0 fully saturated rings. The minimum Gasteiger partial charge on any atom is -0.456 e. The highest BCUT2D eigenvalue weighted by Gasteiger charge is 2.25. The van der Waals surface area contributed by atoms with Crippen molar-refractivity contribution in [1.29, 1.82) is 0 Å². The van der Waals surface area contributed by atoms with Crippen LogP contribution in [0.3, 0.4) is 0 Å². The van der Waals surface area contributed by atoms with Crippen LogP contribution >= 0.6 is 22.9 Å². The van der Waals surface area contributed by atoms with Gasteiger partial charge in [0.2, 0.25) is 0 Å². The van der Waals surface area contributed by atoms with Crippen molar-refractivity contribution in [3.8, 4) is 0 Å². The molecule has 10 heteroatoms. The number of benzene rings is 1. The highest BCUT2D eigenvalue weighted by molar-refractivity contribution is 7.20. The van der Waals surface area contributed by atoms with Crippen LogP contribution in [-0.2, 0) is 15.4 Å². The second-order valence-corrected chi connectivity index (χ2v) is 8.87. The Morgan fingerprint density at radius 1 is 1.19 bits per heavy atom. The Morgan fingerprint density at radius 3 is 2.45 bits per heavy atom. The molecular formula is C21H22ClN3O5S. The van der Waals surface area contributed by atoms with Gasteiger partial charge in [0.05, 0.1) is 12.0 Å². The Labute approximate surface area is 188 Å². The average Bonchev–Trinajstić information content (AvgIpc) is 3.27. The summed E-state index contributed by atoms with van der Waals surface area (Å²) in [6.07, 6.45) is -0.711. The topological polar surface area (TPSA) is 99.5 Å². The lowest BCUT2D eigenvalue weighted by Crippen LogP contribution is -2.23. The molecule has 1 aromatic carbocycles. The molecule has 0 bridgehead atoms. The van der Waals surface area contributed by atoms with E-state index in [1.807, 2.05) is 0 Å². The standard InChI is InChI=1S/C21H22ClN3O5S/c1-5-29-20(28)25-18-14(10-15(31-18)19(27)30-21(2,3)4)16(24-25)23-17(26)13-8-6-12(11-22)7-9-13/h6-10H,5,11H2,1-4H3,(H,23,24,26). The number of fused-ring (bicyclic) bond motifs is 1. The summed E-state index contributed by atoms with van der Waals surface area (Å²) in [5, 5.41) is 7.32. The van der Waals surface area contributed by atoms with Crippen molar-refractivity contribution in [3.63, 3.8) is 0 Å². The van der Waals surface area contributed by atoms with Gasteiger partial charge in [0.15, 0.2) is 5.82 Å². The molecule has 3 rings (SSSR count). The molecule has 2 heterocycles. The molecule has 2 aromatic heterocycles. The Balaban J connectivity index is 1.98. The van der Waals surface area contributed by atoms with Gasteiger partial charge in [-0.15, -0.1) is 28.0 Å². The van der Waals surface area contributed by atoms with Crippen molar-refractivity contribution in [2.24, 2.45) is 0 Å². The van der Waals surface area contributed by atoms with Gasteiger partial charge in [-0.25, -0.2) is 9.59 Å². The number of rotatable bonds is 5. The fourth-order valence-electron chi connectivity index (χ4n) is 2.66. The van der Waals surface area contributed by atoms with Crippen molar-refractivity contribution in [3.05, 3.63) is 46.3 Å². The van der Waals surface area contributed by atoms with Crippen LogP contribution in [0.25, 0.3) is 10.2 Å². The second-order valence-electron chi connectivity index (χ2n) is 7.58. The largest absolute Gasteiger partial charge is 0.456 e. The first-order valence-electron chi connectivity index (χ1n) is 9.52. The minimum atomic E-state index is -0.711. The Hall–Kier alpha value is -2.91. The van der Waals surface area contributed by atoms with Gasteiger partial charge in [0, 0.05) is 11.4 Å². The van der Waals surface area contributed by atoms with Crippen molar-refractivity contribution >= 4 is 56.9 Å². The Morgan fingerprint density at radius 2 is 1.87 bits per heavy atom. The van der Waals surface area contributed by atoms with Crippen LogP contribution in [0.4, 0.5) is 10.6 Å². The van der Waals surface area contributed by atoms with Crippen LogP contribution in [0.5, 0.6) is 0 Å². The highest BCUT2D eigenvalue weighted by atomic mass is 35.5. The number of aromatic nitrogens is 2. The fraction of sp³-hybridized carbons (Fsp3) is 0.333. The molecule has 1 amide bonds. The third-order valence-electron chi connectivity index (χ3n) is 4.00. The molecule has 0 radical (unpaired) electrons. The Kier molecular flexibility index (Phi) is 6.66. The fourth-order valence-corrected chi connectivity index (χ4v) is 3.82. The van der Waals surface area contributed by atoms with Gasteiger partial charge >= 0.3 is 12.1 Å². The number of carbonyl (C=O) groups is 3. The number of hydrogen-bond donors (Lipinski definition) is 1. The van der Waals surface area contributed by atoms with E-state index in [2.05, 4.69) is 10.4 Å². The summed E-state index contributed by atoms with van der Waals surface area (Å²) < 4.78 is 11.5. The van der Waals surface area contributed by atoms with E-state index in [1.165, 1.54) is 0 Å². The van der Waals surface area contributed by atoms with Crippen LogP contribution < -0.4 is 5.32 Å². The number of amides is 1. The monoisotopic (exact) mass is 463 g/mol. The van der Waals surface area contributed by atoms with E-state index in [1.54, 1.807) is 58.0 Å². The van der Waals surface area contributed by atoms with E-state index in [0.717, 1.165) is 21.6 Å². The van der Waals surface area contributed by atoms with E-state index >= 15 is 0 Å². The molecule has 3 aromatic rings. The van der Waals surface area contributed by atoms with Crippen molar-refractivity contribution in [1.82, 2.24) is 9.78 Å². The number of esters is 1. The average molecular weight is 464 g/mol. The van der Waals surface area contributed by atoms with Crippen LogP contribution in [0, 0.1) is 0 Å². The summed E-state index contributed by atoms with van der Waals surface area (Å²) in [5.41, 5.74) is 0.606. The van der Waals surface area contributed by atoms with E-state index < -0.39 is 23.6 Å². The molecule has 0 saturated carbocycles. The van der Waals surface area contributed by atoms with Gasteiger partial charge in [-0.1, -0.05) is 12.1 Å². The smallest absolute Gasteiger partial charge is 0.436 e. The lowest BCUT2D eigenvalue weighted by atomic mass is 10.1. The lowest BCUT2D eigenvalue weighted by molar-refractivity contribution is 0.00751. The zero-order valence-corrected chi connectivity index (χ0v) is 19.1. The molecule has 164 valence electrons. The number of nitrogens with one attached hydrogen (secondary N) is 1. The minimum absolute atomic E-state index is 0.139. The number of alkyl halides is 1. The molecule has 8 nitrogen and oxygen atoms in total. The van der Waals surface area contributed by atoms with Crippen LogP contribution in [0.15, 0.2) is 30.3 Å². The molecular weight excluding hydrogens is 442 g/mol. The number of nitrogens with zero attached hydrogens (tertiary/aromatic N) is 2. The number of ether oxygens (including phenoxy) is 2. The lowest BCUT2D eigenvalue weighted by Gasteiger charge is -2.18. The van der Waals surface area contributed by atoms with E-state index in [0.29, 0.717) is 21.7 Å². The van der Waals surface area contributed by atoms with Gasteiger partial charge in [0.1, 0.15) is 15.3 Å². The van der Waals surface area contributed by atoms with E-state index in [-0.39, 0.29) is 17.3 Å². The molecule has 0 unspecified atom stereocenters. The molecule has 0 aliphatic carbocycles. The number of hydrogen-bond acceptors (Lipinski definition) is 7. The van der Waals surface area contributed by atoms with Gasteiger partial charge in [-0.2, -0.15) is 4.68 Å². The van der Waals surface area contributed by atoms with Crippen molar-refractivity contribution in [2.75, 3.05) is 11.9 Å². The van der Waals surface area contributed by atoms with Gasteiger partial charge in [-0.05, 0) is 51.5 Å². The molecule has 0 aliphatic rings. The molecule has 0 spiro atoms. The predicted molar refractivity (Wildman–Crippen MR) is 119 cm³/mol. The zero-order chi connectivity index (χ0) is 22.8. The summed E-state index contributed by atoms with van der Waals surface area (Å²) in [6.45, 7) is 7.12. The van der Waals surface area contributed by atoms with E-state index in [9.17, 15) is 14.4 Å². The summed E-state index contributed by atoms with van der Waals surface area (Å²) in [5.74, 6) is -0.463. The van der Waals surface area contributed by atoms with E-state index in [4.69, 9.17) is 21.1 Å². The maximum Gasteiger partial charge on any atom is 0.436 e. The predicted octanol–water partition coefficient (Wildman–Crippen LogP) is 5.05. The zero-order valence-electron chi connectivity index (χ0n) is 17.5. The molecule has 31 heavy (non-hydrogen) atoms. The second kappa shape index (κ2) is 9.07. The number of carbonyl (C=O) groups excluding carboxylic acids is 3. The molecule has 1 N–H and O–H groups in total. The van der Waals surface area contributed by atoms with Crippen molar-refractivity contribution in [2.45, 2.75) is 39.2 Å². The van der Waals surface area contributed by atoms with Crippen molar-refractivity contribution < 1.29 is 23.9 Å². The number of thiophene rings is 1. The summed E-state index contributed by atoms with van der Waals surface area (Å²) in [4.78, 5) is 38.2. The number of halogens is 1. The maximum absolute atomic E-state index is 12.7. The van der Waals surface area contributed by atoms with Gasteiger partial charge < -0.3 is 14.8 Å². The molecule has 0 atom stereocenters. The highest BCUT2D eigenvalue weighted by Crippen LogP contribution is 2.33. The first-order chi connectivity index (χ1) is 14.6. The summed E-state index contributed by atoms with van der Waals surface area (Å²) in [7, 11) is 0. The van der Waals surface area contributed by atoms with Gasteiger partial charge in [0.25, 0.3) is 5.91 Å². The number of anilines is 1. The Bertz CT molecular complexity index is 1130. The third kappa shape index (κ3) is 5.23. The first kappa shape index (κ1) is 22.8. The first-order valence-corrected chi connectivity index (χ1v) is 10.9.